The van der Waals surface area contributed by atoms with Crippen molar-refractivity contribution in [2.45, 2.75) is 50.6 Å². The Hall–Kier alpha value is -2.74. The van der Waals surface area contributed by atoms with Gasteiger partial charge in [-0.25, -0.2) is 4.39 Å². The normalized spacial score (nSPS) is 22.6. The van der Waals surface area contributed by atoms with Crippen LogP contribution in [0.3, 0.4) is 0 Å². The molecule has 3 atom stereocenters. The van der Waals surface area contributed by atoms with Gasteiger partial charge in [-0.3, -0.25) is 14.4 Å². The molecule has 1 saturated carbocycles. The number of carbonyl (C=O) groups excluding carboxylic acids is 3. The lowest BCUT2D eigenvalue weighted by Gasteiger charge is -2.36. The highest BCUT2D eigenvalue weighted by Gasteiger charge is 2.33. The Bertz CT molecular complexity index is 1050. The summed E-state index contributed by atoms with van der Waals surface area (Å²) >= 11 is 3.40. The van der Waals surface area contributed by atoms with E-state index in [-0.39, 0.29) is 41.5 Å². The SMILES string of the molecule is O=C(N[C@@H]1CCCC[C@H]1NC(=O)[C@H]1CCCN(C(=O)c2cccc(Br)c2)C1)c1ccc(F)cc1. The standard InChI is InChI=1S/C26H29BrFN3O3/c27-20-7-3-5-18(15-20)26(34)31-14-4-6-19(16-31)25(33)30-23-9-2-1-8-22(23)29-24(32)17-10-12-21(28)13-11-17/h3,5,7,10-13,15,19,22-23H,1-2,4,6,8-9,14,16H2,(H,29,32)(H,30,33)/t19-,22+,23+/m0/s1. The number of amides is 3. The van der Waals surface area contributed by atoms with Gasteiger partial charge < -0.3 is 15.5 Å². The van der Waals surface area contributed by atoms with Gasteiger partial charge in [0.2, 0.25) is 5.91 Å². The number of carbonyl (C=O) groups is 3. The Balaban J connectivity index is 1.36. The third-order valence-corrected chi connectivity index (χ3v) is 7.16. The summed E-state index contributed by atoms with van der Waals surface area (Å²) in [4.78, 5) is 40.5. The summed E-state index contributed by atoms with van der Waals surface area (Å²) in [5, 5.41) is 6.18. The van der Waals surface area contributed by atoms with Crippen LogP contribution in [0.4, 0.5) is 4.39 Å². The minimum atomic E-state index is -0.390. The quantitative estimate of drug-likeness (QED) is 0.606. The molecule has 2 aromatic carbocycles. The summed E-state index contributed by atoms with van der Waals surface area (Å²) in [6.07, 6.45) is 5.01. The molecular weight excluding hydrogens is 501 g/mol. The fourth-order valence-corrected chi connectivity index (χ4v) is 5.21. The Kier molecular flexibility index (Phi) is 7.98. The fraction of sp³-hybridized carbons (Fsp3) is 0.423. The Morgan fingerprint density at radius 2 is 1.59 bits per heavy atom. The fourth-order valence-electron chi connectivity index (χ4n) is 4.81. The van der Waals surface area contributed by atoms with E-state index in [9.17, 15) is 18.8 Å². The molecule has 2 aromatic rings. The van der Waals surface area contributed by atoms with Crippen molar-refractivity contribution >= 4 is 33.7 Å². The molecule has 3 amide bonds. The van der Waals surface area contributed by atoms with Gasteiger partial charge in [-0.2, -0.15) is 0 Å². The summed E-state index contributed by atoms with van der Waals surface area (Å²) in [7, 11) is 0. The van der Waals surface area contributed by atoms with Crippen molar-refractivity contribution in [3.63, 3.8) is 0 Å². The first-order chi connectivity index (χ1) is 16.4. The van der Waals surface area contributed by atoms with Crippen LogP contribution < -0.4 is 10.6 Å². The van der Waals surface area contributed by atoms with Gasteiger partial charge in [0.1, 0.15) is 5.82 Å². The van der Waals surface area contributed by atoms with Crippen LogP contribution in [-0.4, -0.2) is 47.8 Å². The maximum absolute atomic E-state index is 13.2. The number of benzene rings is 2. The van der Waals surface area contributed by atoms with Crippen LogP contribution in [-0.2, 0) is 4.79 Å². The molecule has 1 saturated heterocycles. The molecule has 2 aliphatic rings. The lowest BCUT2D eigenvalue weighted by molar-refractivity contribution is -0.127. The van der Waals surface area contributed by atoms with Crippen LogP contribution in [0.5, 0.6) is 0 Å². The summed E-state index contributed by atoms with van der Waals surface area (Å²) in [6, 6.07) is 12.4. The van der Waals surface area contributed by atoms with Crippen LogP contribution in [0.25, 0.3) is 0 Å². The molecule has 34 heavy (non-hydrogen) atoms. The van der Waals surface area contributed by atoms with E-state index < -0.39 is 0 Å². The van der Waals surface area contributed by atoms with Crippen LogP contribution >= 0.6 is 15.9 Å². The number of hydrogen-bond donors (Lipinski definition) is 2. The summed E-state index contributed by atoms with van der Waals surface area (Å²) in [5.41, 5.74) is 0.998. The number of halogens is 2. The average Bonchev–Trinajstić information content (AvgIpc) is 2.85. The second kappa shape index (κ2) is 11.1. The first kappa shape index (κ1) is 24.4. The maximum atomic E-state index is 13.2. The van der Waals surface area contributed by atoms with E-state index in [0.29, 0.717) is 24.2 Å². The van der Waals surface area contributed by atoms with Crippen LogP contribution in [0.1, 0.15) is 59.2 Å². The molecule has 0 bridgehead atoms. The van der Waals surface area contributed by atoms with Crippen molar-refractivity contribution in [3.8, 4) is 0 Å². The van der Waals surface area contributed by atoms with Gasteiger partial charge in [-0.1, -0.05) is 34.8 Å². The monoisotopic (exact) mass is 529 g/mol. The maximum Gasteiger partial charge on any atom is 0.253 e. The van der Waals surface area contributed by atoms with Crippen molar-refractivity contribution < 1.29 is 18.8 Å². The number of rotatable bonds is 5. The minimum absolute atomic E-state index is 0.0686. The summed E-state index contributed by atoms with van der Waals surface area (Å²) in [6.45, 7) is 1.02. The molecule has 1 heterocycles. The summed E-state index contributed by atoms with van der Waals surface area (Å²) < 4.78 is 14.0. The van der Waals surface area contributed by atoms with Crippen LogP contribution in [0.2, 0.25) is 0 Å². The first-order valence-electron chi connectivity index (χ1n) is 11.8. The van der Waals surface area contributed by atoms with Gasteiger partial charge in [0.05, 0.1) is 5.92 Å². The smallest absolute Gasteiger partial charge is 0.253 e. The molecule has 1 aliphatic heterocycles. The van der Waals surface area contributed by atoms with Gasteiger partial charge in [0.25, 0.3) is 11.8 Å². The third kappa shape index (κ3) is 6.03. The molecule has 8 heteroatoms. The number of hydrogen-bond acceptors (Lipinski definition) is 3. The van der Waals surface area contributed by atoms with E-state index in [2.05, 4.69) is 26.6 Å². The molecule has 2 N–H and O–H groups in total. The van der Waals surface area contributed by atoms with Gasteiger partial charge in [0, 0.05) is 40.8 Å². The van der Waals surface area contributed by atoms with E-state index >= 15 is 0 Å². The first-order valence-corrected chi connectivity index (χ1v) is 12.6. The predicted molar refractivity (Wildman–Crippen MR) is 131 cm³/mol. The van der Waals surface area contributed by atoms with Crippen molar-refractivity contribution in [2.75, 3.05) is 13.1 Å². The molecule has 1 aliphatic carbocycles. The Morgan fingerprint density at radius 3 is 2.29 bits per heavy atom. The van der Waals surface area contributed by atoms with Crippen LogP contribution in [0.15, 0.2) is 53.0 Å². The average molecular weight is 530 g/mol. The zero-order valence-corrected chi connectivity index (χ0v) is 20.5. The zero-order valence-electron chi connectivity index (χ0n) is 18.9. The minimum Gasteiger partial charge on any atom is -0.351 e. The van der Waals surface area contributed by atoms with Crippen molar-refractivity contribution in [1.29, 1.82) is 0 Å². The van der Waals surface area contributed by atoms with Gasteiger partial charge in [-0.15, -0.1) is 0 Å². The topological polar surface area (TPSA) is 78.5 Å². The molecule has 180 valence electrons. The highest BCUT2D eigenvalue weighted by atomic mass is 79.9. The van der Waals surface area contributed by atoms with Gasteiger partial charge >= 0.3 is 0 Å². The highest BCUT2D eigenvalue weighted by Crippen LogP contribution is 2.23. The predicted octanol–water partition coefficient (Wildman–Crippen LogP) is 4.30. The van der Waals surface area contributed by atoms with E-state index in [1.165, 1.54) is 24.3 Å². The summed E-state index contributed by atoms with van der Waals surface area (Å²) in [5.74, 6) is -1.07. The van der Waals surface area contributed by atoms with E-state index in [4.69, 9.17) is 0 Å². The zero-order chi connectivity index (χ0) is 24.1. The second-order valence-corrected chi connectivity index (χ2v) is 10.0. The number of likely N-dealkylation sites (tertiary alicyclic amines) is 1. The molecular formula is C26H29BrFN3O3. The molecule has 0 radical (unpaired) electrons. The van der Waals surface area contributed by atoms with E-state index in [1.807, 2.05) is 12.1 Å². The van der Waals surface area contributed by atoms with Crippen molar-refractivity contribution in [3.05, 3.63) is 69.9 Å². The molecule has 0 unspecified atom stereocenters. The second-order valence-electron chi connectivity index (χ2n) is 9.09. The van der Waals surface area contributed by atoms with Crippen molar-refractivity contribution in [2.24, 2.45) is 5.92 Å². The number of nitrogens with one attached hydrogen (secondary N) is 2. The van der Waals surface area contributed by atoms with Crippen LogP contribution in [0, 0.1) is 11.7 Å². The van der Waals surface area contributed by atoms with E-state index in [0.717, 1.165) is 43.0 Å². The van der Waals surface area contributed by atoms with Gasteiger partial charge in [-0.05, 0) is 68.1 Å². The molecule has 0 spiro atoms. The largest absolute Gasteiger partial charge is 0.351 e. The number of nitrogens with zero attached hydrogens (tertiary/aromatic N) is 1. The molecule has 4 rings (SSSR count). The number of piperidine rings is 1. The Morgan fingerprint density at radius 1 is 0.882 bits per heavy atom. The molecule has 2 fully saturated rings. The van der Waals surface area contributed by atoms with E-state index in [1.54, 1.807) is 17.0 Å². The lowest BCUT2D eigenvalue weighted by Crippen LogP contribution is -2.55. The molecule has 0 aromatic heterocycles. The van der Waals surface area contributed by atoms with Crippen molar-refractivity contribution in [1.82, 2.24) is 15.5 Å². The molecule has 6 nitrogen and oxygen atoms in total. The Labute approximate surface area is 207 Å². The highest BCUT2D eigenvalue weighted by molar-refractivity contribution is 9.10. The lowest BCUT2D eigenvalue weighted by atomic mass is 9.88. The van der Waals surface area contributed by atoms with Gasteiger partial charge in [0.15, 0.2) is 0 Å². The third-order valence-electron chi connectivity index (χ3n) is 6.67.